The molecule has 10 nitrogen and oxygen atoms in total. The van der Waals surface area contributed by atoms with E-state index in [9.17, 15) is 13.5 Å². The van der Waals surface area contributed by atoms with Crippen molar-refractivity contribution in [1.82, 2.24) is 19.9 Å². The predicted octanol–water partition coefficient (Wildman–Crippen LogP) is 1.65. The first-order valence-corrected chi connectivity index (χ1v) is 14.3. The third-order valence-electron chi connectivity index (χ3n) is 5.88. The largest absolute Gasteiger partial charge is 1.00 e. The van der Waals surface area contributed by atoms with Crippen molar-refractivity contribution in [2.24, 2.45) is 0 Å². The minimum Gasteiger partial charge on any atom is -1.00 e. The molecule has 0 radical (unpaired) electrons. The zero-order chi connectivity index (χ0) is 28.0. The Balaban J connectivity index is 0.00000294. The molecule has 0 saturated carbocycles. The average molecular weight is 639 g/mol. The first-order valence-electron chi connectivity index (χ1n) is 12.0. The topological polar surface area (TPSA) is 136 Å². The average Bonchev–Trinajstić information content (AvgIpc) is 2.93. The van der Waals surface area contributed by atoms with Gasteiger partial charge in [-0.2, -0.15) is 0 Å². The number of ether oxygens (including phenoxy) is 2. The monoisotopic (exact) mass is 637 g/mol. The Labute approximate surface area is 265 Å². The molecule has 0 saturated heterocycles. The number of anilines is 1. The van der Waals surface area contributed by atoms with Gasteiger partial charge < -0.3 is 16.0 Å². The van der Waals surface area contributed by atoms with Crippen molar-refractivity contribution in [2.75, 3.05) is 24.5 Å². The summed E-state index contributed by atoms with van der Waals surface area (Å²) in [5.41, 5.74) is 2.41. The first-order chi connectivity index (χ1) is 18.6. The molecule has 2 heterocycles. The van der Waals surface area contributed by atoms with Gasteiger partial charge in [0.1, 0.15) is 19.5 Å². The Kier molecular flexibility index (Phi) is 11.0. The summed E-state index contributed by atoms with van der Waals surface area (Å²) in [6.45, 7) is 5.88. The number of benzene rings is 2. The minimum atomic E-state index is -4.01. The molecule has 0 amide bonds. The third kappa shape index (κ3) is 7.99. The molecule has 0 aliphatic heterocycles. The van der Waals surface area contributed by atoms with E-state index in [2.05, 4.69) is 40.6 Å². The summed E-state index contributed by atoms with van der Waals surface area (Å²) in [6.07, 6.45) is 4.38. The molecule has 0 fully saturated rings. The first kappa shape index (κ1) is 31.9. The summed E-state index contributed by atoms with van der Waals surface area (Å²) in [6, 6.07) is 14.1. The van der Waals surface area contributed by atoms with Crippen LogP contribution >= 0.6 is 15.9 Å². The zero-order valence-corrected chi connectivity index (χ0v) is 27.0. The second-order valence-corrected chi connectivity index (χ2v) is 11.9. The van der Waals surface area contributed by atoms with Gasteiger partial charge in [0.15, 0.2) is 5.82 Å². The summed E-state index contributed by atoms with van der Waals surface area (Å²) < 4.78 is 41.4. The van der Waals surface area contributed by atoms with E-state index in [1.54, 1.807) is 24.5 Å². The molecule has 13 heteroatoms. The Hall–Kier alpha value is -2.61. The zero-order valence-electron chi connectivity index (χ0n) is 23.6. The van der Waals surface area contributed by atoms with Crippen LogP contribution in [0.2, 0.25) is 0 Å². The molecule has 4 rings (SSSR count). The van der Waals surface area contributed by atoms with Crippen molar-refractivity contribution in [3.8, 4) is 23.0 Å². The summed E-state index contributed by atoms with van der Waals surface area (Å²) >= 11 is 3.27. The summed E-state index contributed by atoms with van der Waals surface area (Å²) in [7, 11) is -4.01. The molecular weight excluding hydrogens is 609 g/mol. The number of halogens is 1. The molecular formula is C27H29BrN5NaO5S. The maximum Gasteiger partial charge on any atom is 1.00 e. The number of rotatable bonds is 11. The van der Waals surface area contributed by atoms with E-state index in [0.717, 1.165) is 15.6 Å². The van der Waals surface area contributed by atoms with Crippen LogP contribution in [-0.2, 0) is 15.4 Å². The number of aliphatic hydroxyl groups is 1. The van der Waals surface area contributed by atoms with Crippen LogP contribution in [0.15, 0.2) is 76.6 Å². The molecule has 0 atom stereocenters. The number of hydrogen-bond donors (Lipinski definition) is 2. The van der Waals surface area contributed by atoms with Crippen molar-refractivity contribution in [2.45, 2.75) is 31.1 Å². The molecule has 0 spiro atoms. The predicted molar refractivity (Wildman–Crippen MR) is 151 cm³/mol. The Morgan fingerprint density at radius 2 is 1.57 bits per heavy atom. The van der Waals surface area contributed by atoms with Crippen molar-refractivity contribution >= 4 is 31.8 Å². The van der Waals surface area contributed by atoms with Gasteiger partial charge in [-0.3, -0.25) is 4.72 Å². The number of aromatic nitrogens is 4. The van der Waals surface area contributed by atoms with Gasteiger partial charge in [-0.25, -0.2) is 28.4 Å². The van der Waals surface area contributed by atoms with Crippen LogP contribution in [-0.4, -0.2) is 53.3 Å². The fraction of sp³-hybridized carbons (Fsp3) is 0.259. The molecule has 0 aliphatic carbocycles. The van der Waals surface area contributed by atoms with Crippen molar-refractivity contribution in [3.05, 3.63) is 82.9 Å². The van der Waals surface area contributed by atoms with Crippen LogP contribution in [0.1, 0.15) is 26.4 Å². The Bertz CT molecular complexity index is 1530. The number of hydrogen-bond acceptors (Lipinski definition) is 9. The second-order valence-electron chi connectivity index (χ2n) is 9.32. The molecule has 40 heavy (non-hydrogen) atoms. The number of aliphatic hydroxyl groups excluding tert-OH is 1. The number of nitrogens with one attached hydrogen (secondary N) is 1. The van der Waals surface area contributed by atoms with E-state index in [-0.39, 0.29) is 73.4 Å². The van der Waals surface area contributed by atoms with Crippen molar-refractivity contribution in [3.63, 3.8) is 0 Å². The number of aryl methyl sites for hydroxylation is 1. The van der Waals surface area contributed by atoms with Gasteiger partial charge in [0.05, 0.1) is 21.5 Å². The van der Waals surface area contributed by atoms with E-state index in [4.69, 9.17) is 9.47 Å². The van der Waals surface area contributed by atoms with Gasteiger partial charge in [0, 0.05) is 17.8 Å². The van der Waals surface area contributed by atoms with Crippen LogP contribution < -0.4 is 43.8 Å². The van der Waals surface area contributed by atoms with Gasteiger partial charge in [-0.05, 0) is 46.1 Å². The van der Waals surface area contributed by atoms with Gasteiger partial charge >= 0.3 is 35.6 Å². The van der Waals surface area contributed by atoms with Crippen LogP contribution in [0, 0.1) is 6.92 Å². The normalized spacial score (nSPS) is 11.4. The summed E-state index contributed by atoms with van der Waals surface area (Å²) in [5, 5.41) is 9.63. The number of sulfonamides is 1. The SMILES string of the molecule is Cc1ccc(-c2c(NS(=O)(=O)c3ccc(C(C)(C)CO)cc3)ncnc2OCCOc2ncc(Br)cn2)cc1.[H-].[Na+]. The van der Waals surface area contributed by atoms with Crippen LogP contribution in [0.5, 0.6) is 11.9 Å². The third-order valence-corrected chi connectivity index (χ3v) is 7.64. The van der Waals surface area contributed by atoms with Gasteiger partial charge in [0.25, 0.3) is 10.0 Å². The van der Waals surface area contributed by atoms with E-state index in [1.807, 2.05) is 45.0 Å². The second kappa shape index (κ2) is 13.8. The van der Waals surface area contributed by atoms with Crippen LogP contribution in [0.3, 0.4) is 0 Å². The van der Waals surface area contributed by atoms with E-state index in [1.165, 1.54) is 18.5 Å². The Morgan fingerprint density at radius 3 is 2.20 bits per heavy atom. The minimum absolute atomic E-state index is 0. The molecule has 0 aliphatic rings. The van der Waals surface area contributed by atoms with Crippen molar-refractivity contribution < 1.29 is 54.0 Å². The standard InChI is InChI=1S/C27H28BrN5O5S.Na.H/c1-18-4-6-19(7-5-18)23-24(33-39(35,36)22-10-8-20(9-11-22)27(2,3)16-34)31-17-32-25(23)37-12-13-38-26-29-14-21(28)15-30-26;;/h4-11,14-15,17,34H,12-13,16H2,1-3H3,(H,31,32,33);;/q;+1;-1. The van der Waals surface area contributed by atoms with Crippen molar-refractivity contribution in [1.29, 1.82) is 0 Å². The van der Waals surface area contributed by atoms with Crippen LogP contribution in [0.4, 0.5) is 5.82 Å². The molecule has 0 bridgehead atoms. The quantitative estimate of drug-likeness (QED) is 0.186. The van der Waals surface area contributed by atoms with Crippen LogP contribution in [0.25, 0.3) is 11.1 Å². The van der Waals surface area contributed by atoms with Gasteiger partial charge in [-0.15, -0.1) is 0 Å². The molecule has 0 unspecified atom stereocenters. The maximum absolute atomic E-state index is 13.3. The molecule has 4 aromatic rings. The number of nitrogens with zero attached hydrogens (tertiary/aromatic N) is 4. The summed E-state index contributed by atoms with van der Waals surface area (Å²) in [5.74, 6) is 0.257. The molecule has 206 valence electrons. The van der Waals surface area contributed by atoms with E-state index in [0.29, 0.717) is 11.1 Å². The molecule has 2 N–H and O–H groups in total. The fourth-order valence-corrected chi connectivity index (χ4v) is 4.77. The molecule has 2 aromatic carbocycles. The van der Waals surface area contributed by atoms with Gasteiger partial charge in [-0.1, -0.05) is 55.8 Å². The Morgan fingerprint density at radius 1 is 0.950 bits per heavy atom. The molecule has 2 aromatic heterocycles. The van der Waals surface area contributed by atoms with E-state index >= 15 is 0 Å². The summed E-state index contributed by atoms with van der Waals surface area (Å²) in [4.78, 5) is 16.7. The van der Waals surface area contributed by atoms with E-state index < -0.39 is 15.4 Å². The maximum atomic E-state index is 13.3. The van der Waals surface area contributed by atoms with Gasteiger partial charge in [0.2, 0.25) is 5.88 Å². The fourth-order valence-electron chi connectivity index (χ4n) is 3.55. The smallest absolute Gasteiger partial charge is 1.00 e.